The van der Waals surface area contributed by atoms with Crippen molar-refractivity contribution in [2.24, 2.45) is 10.4 Å². The van der Waals surface area contributed by atoms with Crippen LogP contribution in [0.25, 0.3) is 0 Å². The number of fused-ring (bicyclic) bond motifs is 3. The molecular weight excluding hydrogens is 476 g/mol. The average Bonchev–Trinajstić information content (AvgIpc) is 3.50. The molecule has 9 nitrogen and oxygen atoms in total. The first-order valence-corrected chi connectivity index (χ1v) is 12.4. The second kappa shape index (κ2) is 9.06. The Morgan fingerprint density at radius 2 is 2.12 bits per heavy atom. The number of nitrogens with zero attached hydrogens (tertiary/aromatic N) is 3. The molecule has 1 unspecified atom stereocenters. The Balaban J connectivity index is 0.000000204. The minimum atomic E-state index is -0.716. The monoisotopic (exact) mass is 496 g/mol. The lowest BCUT2D eigenvalue weighted by atomic mass is 10.1. The van der Waals surface area contributed by atoms with Crippen LogP contribution in [0.2, 0.25) is 0 Å². The van der Waals surface area contributed by atoms with Crippen molar-refractivity contribution >= 4 is 49.4 Å². The van der Waals surface area contributed by atoms with Gasteiger partial charge in [0.15, 0.2) is 10.0 Å². The first-order valence-electron chi connectivity index (χ1n) is 10.4. The Labute approximate surface area is 202 Å². The van der Waals surface area contributed by atoms with Crippen molar-refractivity contribution < 1.29 is 23.3 Å². The SMILES string of the molecule is CNc1c(C)noc1C#Cc1nc2c(s1)N=C1S(=C(O)C13CC3)O2.O=COCc1ccccc1. The van der Waals surface area contributed by atoms with Gasteiger partial charge in [-0.05, 0) is 37.2 Å². The maximum absolute atomic E-state index is 10.1. The van der Waals surface area contributed by atoms with Gasteiger partial charge in [-0.1, -0.05) is 46.8 Å². The van der Waals surface area contributed by atoms with Crippen LogP contribution in [-0.2, 0) is 16.1 Å². The Kier molecular flexibility index (Phi) is 5.95. The lowest BCUT2D eigenvalue weighted by Crippen LogP contribution is -2.38. The third-order valence-electron chi connectivity index (χ3n) is 5.42. The fourth-order valence-electron chi connectivity index (χ4n) is 3.48. The summed E-state index contributed by atoms with van der Waals surface area (Å²) in [7, 11) is 1.08. The minimum Gasteiger partial charge on any atom is -0.463 e. The summed E-state index contributed by atoms with van der Waals surface area (Å²) in [5.41, 5.74) is 2.36. The fraction of sp³-hybridized carbons (Fsp3) is 0.261. The van der Waals surface area contributed by atoms with Gasteiger partial charge in [0.1, 0.15) is 28.1 Å². The third kappa shape index (κ3) is 4.00. The summed E-state index contributed by atoms with van der Waals surface area (Å²) in [4.78, 5) is 18.8. The van der Waals surface area contributed by atoms with Crippen molar-refractivity contribution in [3.05, 3.63) is 52.4 Å². The summed E-state index contributed by atoms with van der Waals surface area (Å²) < 4.78 is 15.5. The van der Waals surface area contributed by atoms with E-state index in [0.717, 1.165) is 39.8 Å². The number of aryl methyl sites for hydroxylation is 1. The van der Waals surface area contributed by atoms with Crippen molar-refractivity contribution in [2.45, 2.75) is 26.4 Å². The summed E-state index contributed by atoms with van der Waals surface area (Å²) in [5, 5.41) is 19.7. The maximum Gasteiger partial charge on any atom is 0.293 e. The van der Waals surface area contributed by atoms with Gasteiger partial charge in [-0.2, -0.15) is 4.98 Å². The number of hydrogen-bond acceptors (Lipinski definition) is 9. The van der Waals surface area contributed by atoms with E-state index in [4.69, 9.17) is 8.71 Å². The zero-order valence-electron chi connectivity index (χ0n) is 18.3. The predicted molar refractivity (Wildman–Crippen MR) is 131 cm³/mol. The van der Waals surface area contributed by atoms with Crippen LogP contribution in [0.3, 0.4) is 0 Å². The van der Waals surface area contributed by atoms with Gasteiger partial charge < -0.3 is 23.9 Å². The molecule has 0 radical (unpaired) electrons. The Morgan fingerprint density at radius 1 is 1.32 bits per heavy atom. The van der Waals surface area contributed by atoms with E-state index in [1.54, 1.807) is 7.05 Å². The highest BCUT2D eigenvalue weighted by molar-refractivity contribution is 8.27. The molecule has 6 rings (SSSR count). The van der Waals surface area contributed by atoms with E-state index >= 15 is 0 Å². The molecule has 2 aliphatic heterocycles. The van der Waals surface area contributed by atoms with Gasteiger partial charge in [-0.3, -0.25) is 4.79 Å². The normalized spacial score (nSPS) is 17.9. The van der Waals surface area contributed by atoms with E-state index in [9.17, 15) is 9.90 Å². The molecule has 2 aromatic heterocycles. The summed E-state index contributed by atoms with van der Waals surface area (Å²) in [6.07, 6.45) is 1.92. The summed E-state index contributed by atoms with van der Waals surface area (Å²) in [6, 6.07) is 9.55. The molecule has 1 spiro atoms. The molecular formula is C23H20N4O5S2. The number of anilines is 1. The Bertz CT molecular complexity index is 1380. The molecule has 0 saturated heterocycles. The number of aromatic nitrogens is 2. The number of ether oxygens (including phenoxy) is 1. The number of rotatable bonds is 4. The smallest absolute Gasteiger partial charge is 0.293 e. The first-order chi connectivity index (χ1) is 16.6. The molecule has 11 heteroatoms. The quantitative estimate of drug-likeness (QED) is 0.311. The Hall–Kier alpha value is -3.46. The zero-order valence-corrected chi connectivity index (χ0v) is 20.0. The van der Waals surface area contributed by atoms with Crippen LogP contribution < -0.4 is 9.50 Å². The highest BCUT2D eigenvalue weighted by Crippen LogP contribution is 2.64. The first kappa shape index (κ1) is 22.3. The van der Waals surface area contributed by atoms with E-state index in [-0.39, 0.29) is 5.41 Å². The lowest BCUT2D eigenvalue weighted by Gasteiger charge is -2.33. The second-order valence-electron chi connectivity index (χ2n) is 7.65. The number of carbonyl (C=O) groups excluding carboxylic acids is 1. The Morgan fingerprint density at radius 3 is 2.82 bits per heavy atom. The average molecular weight is 497 g/mol. The minimum absolute atomic E-state index is 0.185. The molecule has 1 atom stereocenters. The number of hydrogen-bond donors (Lipinski definition) is 2. The van der Waals surface area contributed by atoms with Crippen molar-refractivity contribution in [2.75, 3.05) is 12.4 Å². The van der Waals surface area contributed by atoms with Gasteiger partial charge in [-0.25, -0.2) is 4.99 Å². The molecule has 4 heterocycles. The van der Waals surface area contributed by atoms with E-state index in [1.807, 2.05) is 37.3 Å². The summed E-state index contributed by atoms with van der Waals surface area (Å²) >= 11 is 1.38. The number of aliphatic imine (C=N–C) groups is 1. The second-order valence-corrected chi connectivity index (χ2v) is 10.1. The molecule has 1 aromatic carbocycles. The lowest BCUT2D eigenvalue weighted by molar-refractivity contribution is -0.129. The summed E-state index contributed by atoms with van der Waals surface area (Å²) in [5.74, 6) is 6.83. The number of carbonyl (C=O) groups is 1. The van der Waals surface area contributed by atoms with Crippen LogP contribution >= 0.6 is 22.1 Å². The molecule has 1 aliphatic carbocycles. The molecule has 34 heavy (non-hydrogen) atoms. The van der Waals surface area contributed by atoms with E-state index in [0.29, 0.717) is 34.8 Å². The number of aliphatic hydroxyl groups is 1. The molecule has 1 fully saturated rings. The zero-order chi connectivity index (χ0) is 23.7. The predicted octanol–water partition coefficient (Wildman–Crippen LogP) is 4.33. The van der Waals surface area contributed by atoms with Crippen LogP contribution in [-0.4, -0.2) is 38.9 Å². The van der Waals surface area contributed by atoms with Crippen LogP contribution in [0.15, 0.2) is 39.8 Å². The third-order valence-corrected chi connectivity index (χ3v) is 8.17. The summed E-state index contributed by atoms with van der Waals surface area (Å²) in [6.45, 7) is 2.66. The molecule has 2 N–H and O–H groups in total. The van der Waals surface area contributed by atoms with E-state index in [2.05, 4.69) is 37.0 Å². The number of nitrogens with one attached hydrogen (secondary N) is 1. The van der Waals surface area contributed by atoms with Crippen LogP contribution in [0.5, 0.6) is 5.88 Å². The van der Waals surface area contributed by atoms with Crippen molar-refractivity contribution in [3.63, 3.8) is 0 Å². The van der Waals surface area contributed by atoms with Crippen molar-refractivity contribution in [1.82, 2.24) is 10.1 Å². The maximum atomic E-state index is 10.1. The molecule has 0 bridgehead atoms. The highest BCUT2D eigenvalue weighted by atomic mass is 32.2. The topological polar surface area (TPSA) is 119 Å². The van der Waals surface area contributed by atoms with Crippen LogP contribution in [0.1, 0.15) is 34.9 Å². The molecule has 1 saturated carbocycles. The van der Waals surface area contributed by atoms with E-state index in [1.165, 1.54) is 11.3 Å². The van der Waals surface area contributed by atoms with Crippen molar-refractivity contribution in [3.8, 4) is 17.7 Å². The molecule has 0 amide bonds. The van der Waals surface area contributed by atoms with Gasteiger partial charge in [0, 0.05) is 7.05 Å². The van der Waals surface area contributed by atoms with Gasteiger partial charge in [-0.15, -0.1) is 0 Å². The van der Waals surface area contributed by atoms with Crippen LogP contribution in [0.4, 0.5) is 10.7 Å². The largest absolute Gasteiger partial charge is 0.463 e. The molecule has 3 aliphatic rings. The molecule has 3 aromatic rings. The van der Waals surface area contributed by atoms with Crippen molar-refractivity contribution in [1.29, 1.82) is 0 Å². The van der Waals surface area contributed by atoms with Crippen LogP contribution in [0, 0.1) is 24.2 Å². The van der Waals surface area contributed by atoms with Gasteiger partial charge in [0.2, 0.25) is 5.76 Å². The van der Waals surface area contributed by atoms with E-state index < -0.39 is 10.8 Å². The van der Waals surface area contributed by atoms with Gasteiger partial charge >= 0.3 is 0 Å². The number of benzene rings is 1. The molecule has 174 valence electrons. The highest BCUT2D eigenvalue weighted by Gasteiger charge is 2.62. The fourth-order valence-corrected chi connectivity index (χ4v) is 6.27. The standard InChI is InChI=1S/C15H12N4O3S2.C8H8O2/c1-7-10(16-2)8(21-19-7)3-4-9-17-11-12(23-9)18-13-15(5-6-15)14(20)24(13)22-11;9-7-10-6-8-4-2-1-3-5-8/h16,20H,5-6H2,1-2H3;1-5,7H,6H2. The number of thiazole rings is 1. The number of aliphatic hydroxyl groups excluding tert-OH is 1. The van der Waals surface area contributed by atoms with Gasteiger partial charge in [0.25, 0.3) is 12.4 Å². The van der Waals surface area contributed by atoms with Gasteiger partial charge in [0.05, 0.1) is 16.2 Å².